The number of benzene rings is 1. The molecule has 2 aromatic rings. The average Bonchev–Trinajstić information content (AvgIpc) is 3.10. The molecule has 1 aliphatic carbocycles. The maximum Gasteiger partial charge on any atom is 0.287 e. The van der Waals surface area contributed by atoms with Gasteiger partial charge in [-0.25, -0.2) is 0 Å². The van der Waals surface area contributed by atoms with Gasteiger partial charge >= 0.3 is 0 Å². The predicted octanol–water partition coefficient (Wildman–Crippen LogP) is 1.44. The minimum atomic E-state index is -0.373. The van der Waals surface area contributed by atoms with E-state index in [1.54, 1.807) is 12.1 Å². The summed E-state index contributed by atoms with van der Waals surface area (Å²) in [4.78, 5) is 23.3. The Morgan fingerprint density at radius 3 is 2.79 bits per heavy atom. The molecule has 19 heavy (non-hydrogen) atoms. The smallest absolute Gasteiger partial charge is 0.287 e. The number of rotatable bonds is 4. The van der Waals surface area contributed by atoms with E-state index in [0.717, 1.165) is 18.2 Å². The van der Waals surface area contributed by atoms with Crippen LogP contribution < -0.4 is 10.6 Å². The van der Waals surface area contributed by atoms with Gasteiger partial charge < -0.3 is 15.1 Å². The number of hydrogen-bond acceptors (Lipinski definition) is 3. The molecular weight excluding hydrogens is 244 g/mol. The fourth-order valence-corrected chi connectivity index (χ4v) is 1.85. The van der Waals surface area contributed by atoms with Crippen molar-refractivity contribution in [2.45, 2.75) is 18.9 Å². The first-order valence-electron chi connectivity index (χ1n) is 6.28. The van der Waals surface area contributed by atoms with Crippen molar-refractivity contribution < 1.29 is 14.0 Å². The van der Waals surface area contributed by atoms with Crippen molar-refractivity contribution in [2.75, 3.05) is 6.54 Å². The second-order valence-corrected chi connectivity index (χ2v) is 4.67. The van der Waals surface area contributed by atoms with Crippen LogP contribution >= 0.6 is 0 Å². The lowest BCUT2D eigenvalue weighted by molar-refractivity contribution is -0.120. The molecule has 1 saturated carbocycles. The second kappa shape index (κ2) is 4.76. The maximum atomic E-state index is 11.8. The molecule has 2 N–H and O–H groups in total. The molecular formula is C14H14N2O3. The predicted molar refractivity (Wildman–Crippen MR) is 69.7 cm³/mol. The zero-order chi connectivity index (χ0) is 13.2. The first kappa shape index (κ1) is 11.8. The van der Waals surface area contributed by atoms with Gasteiger partial charge in [0.1, 0.15) is 5.58 Å². The summed E-state index contributed by atoms with van der Waals surface area (Å²) in [6.45, 7) is -0.0214. The third-order valence-electron chi connectivity index (χ3n) is 3.00. The van der Waals surface area contributed by atoms with Crippen LogP contribution in [0, 0.1) is 0 Å². The van der Waals surface area contributed by atoms with Crippen molar-refractivity contribution in [1.29, 1.82) is 0 Å². The highest BCUT2D eigenvalue weighted by Crippen LogP contribution is 2.19. The molecule has 1 aromatic heterocycles. The fraction of sp³-hybridized carbons (Fsp3) is 0.286. The third kappa shape index (κ3) is 2.76. The number of fused-ring (bicyclic) bond motifs is 1. The number of furan rings is 1. The summed E-state index contributed by atoms with van der Waals surface area (Å²) < 4.78 is 5.41. The minimum Gasteiger partial charge on any atom is -0.451 e. The maximum absolute atomic E-state index is 11.8. The molecule has 5 heteroatoms. The summed E-state index contributed by atoms with van der Waals surface area (Å²) in [5, 5.41) is 6.22. The van der Waals surface area contributed by atoms with Crippen LogP contribution in [0.15, 0.2) is 34.7 Å². The number of carbonyl (C=O) groups is 2. The molecule has 2 amide bonds. The van der Waals surface area contributed by atoms with Crippen LogP contribution in [-0.2, 0) is 4.79 Å². The lowest BCUT2D eigenvalue weighted by atomic mass is 10.2. The molecule has 1 fully saturated rings. The van der Waals surface area contributed by atoms with Crippen LogP contribution in [0.4, 0.5) is 0 Å². The first-order valence-corrected chi connectivity index (χ1v) is 6.28. The van der Waals surface area contributed by atoms with Gasteiger partial charge in [0.25, 0.3) is 5.91 Å². The van der Waals surface area contributed by atoms with Gasteiger partial charge in [-0.1, -0.05) is 18.2 Å². The molecule has 0 radical (unpaired) electrons. The highest BCUT2D eigenvalue weighted by Gasteiger charge is 2.23. The molecule has 0 spiro atoms. The molecule has 0 unspecified atom stereocenters. The van der Waals surface area contributed by atoms with Crippen molar-refractivity contribution in [3.8, 4) is 0 Å². The summed E-state index contributed by atoms with van der Waals surface area (Å²) in [5.41, 5.74) is 0.662. The Labute approximate surface area is 110 Å². The normalized spacial score (nSPS) is 14.3. The molecule has 0 saturated heterocycles. The van der Waals surface area contributed by atoms with E-state index in [1.807, 2.05) is 18.2 Å². The monoisotopic (exact) mass is 258 g/mol. The summed E-state index contributed by atoms with van der Waals surface area (Å²) in [7, 11) is 0. The number of para-hydroxylation sites is 1. The minimum absolute atomic E-state index is 0.0214. The van der Waals surface area contributed by atoms with E-state index >= 15 is 0 Å². The molecule has 3 rings (SSSR count). The Balaban J connectivity index is 1.61. The molecule has 0 bridgehead atoms. The van der Waals surface area contributed by atoms with E-state index in [-0.39, 0.29) is 24.1 Å². The standard InChI is InChI=1S/C14H14N2O3/c17-13(16-10-5-6-10)8-15-14(18)12-7-9-3-1-2-4-11(9)19-12/h1-4,7,10H,5-6,8H2,(H,15,18)(H,16,17). The molecule has 98 valence electrons. The van der Waals surface area contributed by atoms with E-state index in [0.29, 0.717) is 11.6 Å². The van der Waals surface area contributed by atoms with Crippen LogP contribution in [0.3, 0.4) is 0 Å². The number of carbonyl (C=O) groups excluding carboxylic acids is 2. The van der Waals surface area contributed by atoms with Crippen molar-refractivity contribution in [3.05, 3.63) is 36.1 Å². The molecule has 1 heterocycles. The van der Waals surface area contributed by atoms with Gasteiger partial charge in [-0.15, -0.1) is 0 Å². The Hall–Kier alpha value is -2.30. The summed E-state index contributed by atoms with van der Waals surface area (Å²) in [5.74, 6) is -0.311. The highest BCUT2D eigenvalue weighted by atomic mass is 16.3. The molecule has 1 aliphatic rings. The van der Waals surface area contributed by atoms with E-state index in [1.165, 1.54) is 0 Å². The van der Waals surface area contributed by atoms with Gasteiger partial charge in [0.2, 0.25) is 5.91 Å². The average molecular weight is 258 g/mol. The van der Waals surface area contributed by atoms with Crippen LogP contribution in [0.2, 0.25) is 0 Å². The van der Waals surface area contributed by atoms with E-state index < -0.39 is 0 Å². The lowest BCUT2D eigenvalue weighted by Crippen LogP contribution is -2.37. The Morgan fingerprint density at radius 1 is 1.26 bits per heavy atom. The van der Waals surface area contributed by atoms with E-state index in [2.05, 4.69) is 10.6 Å². The summed E-state index contributed by atoms with van der Waals surface area (Å²) in [6, 6.07) is 9.36. The molecule has 5 nitrogen and oxygen atoms in total. The van der Waals surface area contributed by atoms with Gasteiger partial charge in [-0.05, 0) is 25.0 Å². The Kier molecular flexibility index (Phi) is 2.95. The van der Waals surface area contributed by atoms with Crippen LogP contribution in [0.25, 0.3) is 11.0 Å². The van der Waals surface area contributed by atoms with Crippen molar-refractivity contribution in [1.82, 2.24) is 10.6 Å². The summed E-state index contributed by atoms with van der Waals surface area (Å²) >= 11 is 0. The topological polar surface area (TPSA) is 71.3 Å². The number of amides is 2. The Bertz CT molecular complexity index is 595. The van der Waals surface area contributed by atoms with Gasteiger partial charge in [0.05, 0.1) is 6.54 Å². The van der Waals surface area contributed by atoms with Crippen molar-refractivity contribution >= 4 is 22.8 Å². The van der Waals surface area contributed by atoms with Crippen molar-refractivity contribution in [2.24, 2.45) is 0 Å². The van der Waals surface area contributed by atoms with Crippen LogP contribution in [-0.4, -0.2) is 24.4 Å². The third-order valence-corrected chi connectivity index (χ3v) is 3.00. The quantitative estimate of drug-likeness (QED) is 0.871. The van der Waals surface area contributed by atoms with Crippen LogP contribution in [0.5, 0.6) is 0 Å². The number of hydrogen-bond donors (Lipinski definition) is 2. The largest absolute Gasteiger partial charge is 0.451 e. The first-order chi connectivity index (χ1) is 9.22. The lowest BCUT2D eigenvalue weighted by Gasteiger charge is -2.03. The van der Waals surface area contributed by atoms with Gasteiger partial charge in [0.15, 0.2) is 5.76 Å². The highest BCUT2D eigenvalue weighted by molar-refractivity contribution is 5.97. The van der Waals surface area contributed by atoms with E-state index in [4.69, 9.17) is 4.42 Å². The SMILES string of the molecule is O=C(CNC(=O)c1cc2ccccc2o1)NC1CC1. The molecule has 0 aliphatic heterocycles. The zero-order valence-electron chi connectivity index (χ0n) is 10.3. The molecule has 1 aromatic carbocycles. The molecule has 0 atom stereocenters. The van der Waals surface area contributed by atoms with Crippen LogP contribution in [0.1, 0.15) is 23.4 Å². The fourth-order valence-electron chi connectivity index (χ4n) is 1.85. The Morgan fingerprint density at radius 2 is 2.05 bits per heavy atom. The summed E-state index contributed by atoms with van der Waals surface area (Å²) in [6.07, 6.45) is 2.06. The van der Waals surface area contributed by atoms with Gasteiger partial charge in [-0.2, -0.15) is 0 Å². The number of nitrogens with one attached hydrogen (secondary N) is 2. The van der Waals surface area contributed by atoms with Crippen molar-refractivity contribution in [3.63, 3.8) is 0 Å². The van der Waals surface area contributed by atoms with Gasteiger partial charge in [0, 0.05) is 11.4 Å². The zero-order valence-corrected chi connectivity index (χ0v) is 10.3. The van der Waals surface area contributed by atoms with Gasteiger partial charge in [-0.3, -0.25) is 9.59 Å². The second-order valence-electron chi connectivity index (χ2n) is 4.67. The van der Waals surface area contributed by atoms with E-state index in [9.17, 15) is 9.59 Å².